The minimum atomic E-state index is -3.99. The number of carbonyl (C=O) groups excluding carboxylic acids is 1. The Bertz CT molecular complexity index is 842. The molecule has 1 aliphatic rings. The average molecular weight is 312 g/mol. The third kappa shape index (κ3) is 1.60. The van der Waals surface area contributed by atoms with Gasteiger partial charge in [0.1, 0.15) is 10.6 Å². The van der Waals surface area contributed by atoms with E-state index in [1.165, 1.54) is 23.0 Å². The second-order valence-electron chi connectivity index (χ2n) is 4.46. The van der Waals surface area contributed by atoms with Crippen LogP contribution >= 0.6 is 11.6 Å². The van der Waals surface area contributed by atoms with Gasteiger partial charge in [-0.05, 0) is 19.1 Å². The highest BCUT2D eigenvalue weighted by molar-refractivity contribution is 7.94. The lowest BCUT2D eigenvalue weighted by Crippen LogP contribution is -2.30. The van der Waals surface area contributed by atoms with Crippen molar-refractivity contribution < 1.29 is 13.2 Å². The van der Waals surface area contributed by atoms with Crippen LogP contribution in [0.4, 0.5) is 5.69 Å². The Morgan fingerprint density at radius 3 is 2.55 bits per heavy atom. The van der Waals surface area contributed by atoms with Gasteiger partial charge in [0, 0.05) is 13.2 Å². The third-order valence-corrected chi connectivity index (χ3v) is 5.31. The van der Waals surface area contributed by atoms with Gasteiger partial charge in [-0.15, -0.1) is 0 Å². The Morgan fingerprint density at radius 2 is 2.00 bits per heavy atom. The molecule has 8 heteroatoms. The summed E-state index contributed by atoms with van der Waals surface area (Å²) in [6.45, 7) is 1.64. The SMILES string of the molecule is Cc1nn(C)cc1N1C(=O)c2cccc(Cl)c2S1(=O)=O. The predicted molar refractivity (Wildman–Crippen MR) is 73.4 cm³/mol. The summed E-state index contributed by atoms with van der Waals surface area (Å²) >= 11 is 5.94. The van der Waals surface area contributed by atoms with Crippen LogP contribution in [-0.2, 0) is 17.1 Å². The standard InChI is InChI=1S/C12H10ClN3O3S/c1-7-10(6-15(2)14-7)16-12(17)8-4-3-5-9(13)11(8)20(16,18)19/h3-6H,1-2H3. The number of rotatable bonds is 1. The second kappa shape index (κ2) is 4.07. The van der Waals surface area contributed by atoms with Crippen LogP contribution in [0.3, 0.4) is 0 Å². The van der Waals surface area contributed by atoms with Crippen molar-refractivity contribution in [3.05, 3.63) is 40.7 Å². The van der Waals surface area contributed by atoms with E-state index in [1.807, 2.05) is 0 Å². The summed E-state index contributed by atoms with van der Waals surface area (Å²) in [6.07, 6.45) is 1.49. The van der Waals surface area contributed by atoms with E-state index in [-0.39, 0.29) is 21.2 Å². The Labute approximate surface area is 120 Å². The number of carbonyl (C=O) groups is 1. The molecular formula is C12H10ClN3O3S. The fourth-order valence-electron chi connectivity index (χ4n) is 2.27. The van der Waals surface area contributed by atoms with E-state index in [9.17, 15) is 13.2 Å². The number of hydrogen-bond donors (Lipinski definition) is 0. The van der Waals surface area contributed by atoms with E-state index in [1.54, 1.807) is 20.0 Å². The van der Waals surface area contributed by atoms with Gasteiger partial charge in [-0.3, -0.25) is 9.48 Å². The van der Waals surface area contributed by atoms with Gasteiger partial charge >= 0.3 is 0 Å². The lowest BCUT2D eigenvalue weighted by atomic mass is 10.2. The van der Waals surface area contributed by atoms with Gasteiger partial charge in [-0.2, -0.15) is 9.40 Å². The molecule has 0 aliphatic carbocycles. The molecule has 0 N–H and O–H groups in total. The molecule has 3 rings (SSSR count). The first-order valence-electron chi connectivity index (χ1n) is 5.72. The number of aryl methyl sites for hydroxylation is 2. The van der Waals surface area contributed by atoms with E-state index >= 15 is 0 Å². The van der Waals surface area contributed by atoms with Gasteiger partial charge in [-0.1, -0.05) is 17.7 Å². The van der Waals surface area contributed by atoms with E-state index in [0.29, 0.717) is 5.69 Å². The highest BCUT2D eigenvalue weighted by atomic mass is 35.5. The molecule has 1 aliphatic heterocycles. The monoisotopic (exact) mass is 311 g/mol. The Morgan fingerprint density at radius 1 is 1.30 bits per heavy atom. The van der Waals surface area contributed by atoms with Crippen molar-refractivity contribution in [2.24, 2.45) is 7.05 Å². The van der Waals surface area contributed by atoms with Crippen molar-refractivity contribution in [3.8, 4) is 0 Å². The van der Waals surface area contributed by atoms with Gasteiger partial charge in [0.25, 0.3) is 15.9 Å². The summed E-state index contributed by atoms with van der Waals surface area (Å²) in [5.74, 6) is -0.612. The van der Waals surface area contributed by atoms with Crippen molar-refractivity contribution in [2.75, 3.05) is 4.31 Å². The number of anilines is 1. The van der Waals surface area contributed by atoms with Gasteiger partial charge in [0.05, 0.1) is 16.3 Å². The largest absolute Gasteiger partial charge is 0.273 e. The second-order valence-corrected chi connectivity index (χ2v) is 6.60. The fourth-order valence-corrected chi connectivity index (χ4v) is 4.43. The fraction of sp³-hybridized carbons (Fsp3) is 0.167. The van der Waals surface area contributed by atoms with Crippen LogP contribution < -0.4 is 4.31 Å². The quantitative estimate of drug-likeness (QED) is 0.804. The highest BCUT2D eigenvalue weighted by Crippen LogP contribution is 2.39. The molecule has 6 nitrogen and oxygen atoms in total. The molecule has 2 heterocycles. The minimum absolute atomic E-state index is 0.0416. The maximum absolute atomic E-state index is 12.6. The number of sulfonamides is 1. The number of halogens is 1. The molecule has 2 aromatic rings. The van der Waals surface area contributed by atoms with Gasteiger partial charge in [0.15, 0.2) is 0 Å². The van der Waals surface area contributed by atoms with Crippen LogP contribution in [0.25, 0.3) is 0 Å². The normalized spacial score (nSPS) is 16.6. The van der Waals surface area contributed by atoms with Crippen LogP contribution in [0.2, 0.25) is 5.02 Å². The van der Waals surface area contributed by atoms with Crippen LogP contribution in [0.1, 0.15) is 16.1 Å². The summed E-state index contributed by atoms with van der Waals surface area (Å²) in [6, 6.07) is 4.45. The van der Waals surface area contributed by atoms with Gasteiger partial charge in [0.2, 0.25) is 0 Å². The molecule has 0 saturated heterocycles. The first-order valence-corrected chi connectivity index (χ1v) is 7.54. The molecule has 104 valence electrons. The number of benzene rings is 1. The number of aromatic nitrogens is 2. The molecule has 0 atom stereocenters. The maximum atomic E-state index is 12.6. The molecule has 1 aromatic carbocycles. The topological polar surface area (TPSA) is 72.3 Å². The van der Waals surface area contributed by atoms with Crippen molar-refractivity contribution in [3.63, 3.8) is 0 Å². The molecule has 0 radical (unpaired) electrons. The summed E-state index contributed by atoms with van der Waals surface area (Å²) < 4.78 is 27.3. The highest BCUT2D eigenvalue weighted by Gasteiger charge is 2.44. The smallest absolute Gasteiger partial charge is 0.273 e. The van der Waals surface area contributed by atoms with Crippen LogP contribution in [-0.4, -0.2) is 24.1 Å². The van der Waals surface area contributed by atoms with E-state index in [0.717, 1.165) is 4.31 Å². The van der Waals surface area contributed by atoms with E-state index in [4.69, 9.17) is 11.6 Å². The molecule has 20 heavy (non-hydrogen) atoms. The molecule has 0 unspecified atom stereocenters. The summed E-state index contributed by atoms with van der Waals surface area (Å²) in [5.41, 5.74) is 0.777. The molecule has 1 aromatic heterocycles. The zero-order chi connectivity index (χ0) is 14.7. The summed E-state index contributed by atoms with van der Waals surface area (Å²) in [5, 5.41) is 4.11. The molecule has 0 spiro atoms. The molecule has 1 amide bonds. The molecule has 0 fully saturated rings. The van der Waals surface area contributed by atoms with Crippen molar-refractivity contribution in [1.82, 2.24) is 9.78 Å². The molecular weight excluding hydrogens is 302 g/mol. The van der Waals surface area contributed by atoms with Crippen LogP contribution in [0, 0.1) is 6.92 Å². The van der Waals surface area contributed by atoms with Crippen LogP contribution in [0.15, 0.2) is 29.3 Å². The van der Waals surface area contributed by atoms with Gasteiger partial charge < -0.3 is 0 Å². The zero-order valence-corrected chi connectivity index (χ0v) is 12.2. The van der Waals surface area contributed by atoms with Crippen LogP contribution in [0.5, 0.6) is 0 Å². The van der Waals surface area contributed by atoms with Crippen molar-refractivity contribution >= 4 is 33.2 Å². The number of hydrogen-bond acceptors (Lipinski definition) is 4. The average Bonchev–Trinajstić information content (AvgIpc) is 2.76. The predicted octanol–water partition coefficient (Wildman–Crippen LogP) is 1.73. The molecule has 0 bridgehead atoms. The lowest BCUT2D eigenvalue weighted by molar-refractivity contribution is 0.101. The number of amides is 1. The Balaban J connectivity index is 2.30. The minimum Gasteiger partial charge on any atom is -0.273 e. The first-order chi connectivity index (χ1) is 9.34. The Hall–Kier alpha value is -1.86. The van der Waals surface area contributed by atoms with Gasteiger partial charge in [-0.25, -0.2) is 8.42 Å². The van der Waals surface area contributed by atoms with Crippen molar-refractivity contribution in [1.29, 1.82) is 0 Å². The van der Waals surface area contributed by atoms with E-state index < -0.39 is 15.9 Å². The molecule has 0 saturated carbocycles. The Kier molecular flexibility index (Phi) is 2.67. The summed E-state index contributed by atoms with van der Waals surface area (Å²) in [7, 11) is -2.33. The lowest BCUT2D eigenvalue weighted by Gasteiger charge is -2.13. The third-order valence-electron chi connectivity index (χ3n) is 3.09. The number of fused-ring (bicyclic) bond motifs is 1. The zero-order valence-electron chi connectivity index (χ0n) is 10.7. The maximum Gasteiger partial charge on any atom is 0.273 e. The van der Waals surface area contributed by atoms with E-state index in [2.05, 4.69) is 5.10 Å². The first kappa shape index (κ1) is 13.1. The summed E-state index contributed by atoms with van der Waals surface area (Å²) in [4.78, 5) is 12.2. The van der Waals surface area contributed by atoms with Crippen molar-refractivity contribution in [2.45, 2.75) is 11.8 Å². The number of nitrogens with zero attached hydrogens (tertiary/aromatic N) is 3.